The van der Waals surface area contributed by atoms with Crippen molar-refractivity contribution < 1.29 is 19.2 Å². The smallest absolute Gasteiger partial charge is 0.326 e. The largest absolute Gasteiger partial charge is 0.480 e. The lowest BCUT2D eigenvalue weighted by atomic mass is 10.1. The molecule has 1 atom stereocenters. The fourth-order valence-electron chi connectivity index (χ4n) is 2.26. The topological polar surface area (TPSA) is 131 Å². The Morgan fingerprint density at radius 3 is 2.71 bits per heavy atom. The number of nitrogens with zero attached hydrogens (tertiary/aromatic N) is 4. The van der Waals surface area contributed by atoms with Gasteiger partial charge in [-0.3, -0.25) is 4.79 Å². The maximum atomic E-state index is 11.9. The highest BCUT2D eigenvalue weighted by Crippen LogP contribution is 2.33. The van der Waals surface area contributed by atoms with Crippen molar-refractivity contribution >= 4 is 11.9 Å². The minimum atomic E-state index is -1.00. The predicted molar refractivity (Wildman–Crippen MR) is 80.6 cm³/mol. The molecule has 1 fully saturated rings. The van der Waals surface area contributed by atoms with E-state index in [1.807, 2.05) is 0 Å². The van der Waals surface area contributed by atoms with Gasteiger partial charge in [0.25, 0.3) is 0 Å². The Morgan fingerprint density at radius 2 is 2.04 bits per heavy atom. The van der Waals surface area contributed by atoms with Crippen LogP contribution < -0.4 is 5.32 Å². The number of nitrogens with one attached hydrogen (secondary N) is 1. The van der Waals surface area contributed by atoms with E-state index in [2.05, 4.69) is 25.4 Å². The van der Waals surface area contributed by atoms with E-state index >= 15 is 0 Å². The second-order valence-corrected chi connectivity index (χ2v) is 5.72. The van der Waals surface area contributed by atoms with E-state index in [1.54, 1.807) is 18.5 Å². The monoisotopic (exact) mass is 331 g/mol. The maximum Gasteiger partial charge on any atom is 0.326 e. The summed E-state index contributed by atoms with van der Waals surface area (Å²) in [6, 6.07) is 0.843. The average Bonchev–Trinajstić information content (AvgIpc) is 3.27. The summed E-state index contributed by atoms with van der Waals surface area (Å²) >= 11 is 0. The van der Waals surface area contributed by atoms with E-state index < -0.39 is 12.0 Å². The highest BCUT2D eigenvalue weighted by Gasteiger charge is 2.30. The predicted octanol–water partition coefficient (Wildman–Crippen LogP) is 0.829. The summed E-state index contributed by atoms with van der Waals surface area (Å²) in [6.45, 7) is 0. The quantitative estimate of drug-likeness (QED) is 0.727. The first-order chi connectivity index (χ1) is 11.6. The third-order valence-corrected chi connectivity index (χ3v) is 3.70. The molecule has 0 bridgehead atoms. The molecule has 126 valence electrons. The van der Waals surface area contributed by atoms with Crippen LogP contribution >= 0.6 is 0 Å². The van der Waals surface area contributed by atoms with Gasteiger partial charge in [-0.25, -0.2) is 14.8 Å². The minimum absolute atomic E-state index is 0.0751. The first-order valence-corrected chi connectivity index (χ1v) is 7.74. The van der Waals surface area contributed by atoms with Crippen LogP contribution in [-0.4, -0.2) is 43.1 Å². The van der Waals surface area contributed by atoms with Crippen molar-refractivity contribution in [2.75, 3.05) is 0 Å². The van der Waals surface area contributed by atoms with Gasteiger partial charge in [0.1, 0.15) is 6.04 Å². The highest BCUT2D eigenvalue weighted by atomic mass is 16.5. The number of carbonyl (C=O) groups excluding carboxylic acids is 1. The summed E-state index contributed by atoms with van der Waals surface area (Å²) in [5, 5.41) is 15.5. The van der Waals surface area contributed by atoms with Crippen molar-refractivity contribution in [1.82, 2.24) is 25.4 Å². The van der Waals surface area contributed by atoms with Crippen LogP contribution in [0.5, 0.6) is 0 Å². The Balaban J connectivity index is 1.50. The summed E-state index contributed by atoms with van der Waals surface area (Å²) < 4.78 is 5.06. The number of amides is 1. The standard InChI is InChI=1S/C15H17N5O4/c21-11(18-10(15(22)23)8-9-2-3-9)4-5-12-19-14(20-24-12)13-16-6-1-7-17-13/h1,6-7,9-10H,2-5,8H2,(H,18,21)(H,22,23). The van der Waals surface area contributed by atoms with Crippen molar-refractivity contribution in [1.29, 1.82) is 0 Å². The van der Waals surface area contributed by atoms with Gasteiger partial charge in [0.15, 0.2) is 0 Å². The molecule has 9 heteroatoms. The second kappa shape index (κ2) is 7.16. The summed E-state index contributed by atoms with van der Waals surface area (Å²) in [6.07, 6.45) is 5.98. The molecule has 0 aromatic carbocycles. The van der Waals surface area contributed by atoms with E-state index in [0.717, 1.165) is 12.8 Å². The lowest BCUT2D eigenvalue weighted by Gasteiger charge is -2.13. The van der Waals surface area contributed by atoms with Gasteiger partial charge < -0.3 is 14.9 Å². The number of hydrogen-bond acceptors (Lipinski definition) is 7. The number of carboxylic acids is 1. The average molecular weight is 331 g/mol. The molecule has 1 saturated carbocycles. The van der Waals surface area contributed by atoms with Gasteiger partial charge in [-0.15, -0.1) is 0 Å². The number of aryl methyl sites for hydroxylation is 1. The number of rotatable bonds is 8. The normalized spacial score (nSPS) is 15.0. The molecule has 2 N–H and O–H groups in total. The zero-order valence-corrected chi connectivity index (χ0v) is 12.9. The van der Waals surface area contributed by atoms with Crippen molar-refractivity contribution in [3.8, 4) is 11.6 Å². The molecule has 0 aliphatic heterocycles. The minimum Gasteiger partial charge on any atom is -0.480 e. The Morgan fingerprint density at radius 1 is 1.29 bits per heavy atom. The molecule has 2 aromatic heterocycles. The van der Waals surface area contributed by atoms with Crippen LogP contribution in [0.2, 0.25) is 0 Å². The number of aromatic nitrogens is 4. The van der Waals surface area contributed by atoms with Crippen LogP contribution in [0.4, 0.5) is 0 Å². The molecule has 1 amide bonds. The van der Waals surface area contributed by atoms with Crippen LogP contribution in [0.25, 0.3) is 11.6 Å². The zero-order chi connectivity index (χ0) is 16.9. The van der Waals surface area contributed by atoms with Gasteiger partial charge >= 0.3 is 5.97 Å². The molecule has 1 aliphatic rings. The lowest BCUT2D eigenvalue weighted by Crippen LogP contribution is -2.41. The van der Waals surface area contributed by atoms with Crippen LogP contribution in [0.3, 0.4) is 0 Å². The third kappa shape index (κ3) is 4.34. The Hall–Kier alpha value is -2.84. The van der Waals surface area contributed by atoms with Crippen molar-refractivity contribution in [2.24, 2.45) is 5.92 Å². The van der Waals surface area contributed by atoms with Crippen molar-refractivity contribution in [3.05, 3.63) is 24.4 Å². The number of carbonyl (C=O) groups is 2. The molecule has 1 aliphatic carbocycles. The van der Waals surface area contributed by atoms with Crippen molar-refractivity contribution in [2.45, 2.75) is 38.1 Å². The van der Waals surface area contributed by atoms with E-state index in [0.29, 0.717) is 18.2 Å². The molecule has 2 heterocycles. The maximum absolute atomic E-state index is 11.9. The summed E-state index contributed by atoms with van der Waals surface area (Å²) in [5.41, 5.74) is 0. The van der Waals surface area contributed by atoms with Gasteiger partial charge in [-0.05, 0) is 18.4 Å². The van der Waals surface area contributed by atoms with E-state index in [9.17, 15) is 9.59 Å². The van der Waals surface area contributed by atoms with Crippen LogP contribution in [-0.2, 0) is 16.0 Å². The lowest BCUT2D eigenvalue weighted by molar-refractivity contribution is -0.142. The molecule has 0 radical (unpaired) electrons. The first-order valence-electron chi connectivity index (χ1n) is 7.74. The fourth-order valence-corrected chi connectivity index (χ4v) is 2.26. The highest BCUT2D eigenvalue weighted by molar-refractivity contribution is 5.83. The van der Waals surface area contributed by atoms with Gasteiger partial charge in [0, 0.05) is 25.2 Å². The van der Waals surface area contributed by atoms with Gasteiger partial charge in [-0.1, -0.05) is 18.0 Å². The summed E-state index contributed by atoms with van der Waals surface area (Å²) in [7, 11) is 0. The fraction of sp³-hybridized carbons (Fsp3) is 0.467. The molecular formula is C15H17N5O4. The van der Waals surface area contributed by atoms with E-state index in [4.69, 9.17) is 9.63 Å². The summed E-state index contributed by atoms with van der Waals surface area (Å²) in [5.74, 6) is -0.0664. The van der Waals surface area contributed by atoms with E-state index in [-0.39, 0.29) is 30.5 Å². The molecule has 3 rings (SSSR count). The molecular weight excluding hydrogens is 314 g/mol. The second-order valence-electron chi connectivity index (χ2n) is 5.72. The third-order valence-electron chi connectivity index (χ3n) is 3.70. The number of carboxylic acid groups (broad SMARTS) is 1. The number of hydrogen-bond donors (Lipinski definition) is 2. The summed E-state index contributed by atoms with van der Waals surface area (Å²) in [4.78, 5) is 35.2. The van der Waals surface area contributed by atoms with Crippen molar-refractivity contribution in [3.63, 3.8) is 0 Å². The van der Waals surface area contributed by atoms with Gasteiger partial charge in [-0.2, -0.15) is 4.98 Å². The number of aliphatic carboxylic acids is 1. The van der Waals surface area contributed by atoms with Crippen LogP contribution in [0.15, 0.2) is 23.0 Å². The van der Waals surface area contributed by atoms with Gasteiger partial charge in [0.05, 0.1) is 0 Å². The molecule has 1 unspecified atom stereocenters. The Kier molecular flexibility index (Phi) is 4.78. The first kappa shape index (κ1) is 16.0. The molecule has 0 spiro atoms. The van der Waals surface area contributed by atoms with Gasteiger partial charge in [0.2, 0.25) is 23.4 Å². The molecule has 24 heavy (non-hydrogen) atoms. The van der Waals surface area contributed by atoms with E-state index in [1.165, 1.54) is 0 Å². The van der Waals surface area contributed by atoms with Crippen LogP contribution in [0, 0.1) is 5.92 Å². The van der Waals surface area contributed by atoms with Crippen LogP contribution in [0.1, 0.15) is 31.6 Å². The molecule has 2 aromatic rings. The Labute approximate surface area is 137 Å². The zero-order valence-electron chi connectivity index (χ0n) is 12.9. The molecule has 0 saturated heterocycles. The Bertz CT molecular complexity index is 714. The SMILES string of the molecule is O=C(CCc1nc(-c2ncccn2)no1)NC(CC1CC1)C(=O)O. The molecule has 9 nitrogen and oxygen atoms in total.